The van der Waals surface area contributed by atoms with E-state index in [-0.39, 0.29) is 107 Å². The Kier molecular flexibility index (Phi) is 36.0. The highest BCUT2D eigenvalue weighted by molar-refractivity contribution is 8.00. The number of fused-ring (bicyclic) bond motifs is 4. The zero-order valence-corrected chi connectivity index (χ0v) is 77.8. The van der Waals surface area contributed by atoms with Crippen LogP contribution in [0.15, 0.2) is 152 Å². The number of amides is 15. The number of nitrogens with one attached hydrogen (secondary N) is 9. The number of thioether (sulfide) groups is 1. The second-order valence-corrected chi connectivity index (χ2v) is 36.9. The van der Waals surface area contributed by atoms with Crippen molar-refractivity contribution in [2.45, 2.75) is 216 Å². The van der Waals surface area contributed by atoms with Gasteiger partial charge in [0.15, 0.2) is 17.5 Å². The molecule has 33 nitrogen and oxygen atoms in total. The highest BCUT2D eigenvalue weighted by Gasteiger charge is 2.48. The molecule has 13 atom stereocenters. The van der Waals surface area contributed by atoms with E-state index in [2.05, 4.69) is 47.5 Å². The smallest absolute Gasteiger partial charge is 0.246 e. The summed E-state index contributed by atoms with van der Waals surface area (Å²) in [5.41, 5.74) is 8.26. The monoisotopic (exact) mass is 1880 g/mol. The third kappa shape index (κ3) is 26.8. The zero-order chi connectivity index (χ0) is 97.6. The van der Waals surface area contributed by atoms with Crippen LogP contribution >= 0.6 is 11.8 Å². The fourth-order valence-electron chi connectivity index (χ4n) is 17.8. The number of halogens is 3. The summed E-state index contributed by atoms with van der Waals surface area (Å²) in [5.74, 6) is -20.4. The highest BCUT2D eigenvalue weighted by atomic mass is 32.2. The first-order valence-electron chi connectivity index (χ1n) is 45.8. The van der Waals surface area contributed by atoms with Crippen LogP contribution in [-0.2, 0) is 110 Å². The summed E-state index contributed by atoms with van der Waals surface area (Å²) in [5, 5.41) is 43.4. The van der Waals surface area contributed by atoms with Crippen molar-refractivity contribution in [2.75, 3.05) is 58.8 Å². The molecule has 135 heavy (non-hydrogen) atoms. The average molecular weight is 1880 g/mol. The van der Waals surface area contributed by atoms with Gasteiger partial charge in [0.05, 0.1) is 12.3 Å². The summed E-state index contributed by atoms with van der Waals surface area (Å²) in [7, 11) is 4.01. The Morgan fingerprint density at radius 1 is 0.474 bits per heavy atom. The first kappa shape index (κ1) is 102. The summed E-state index contributed by atoms with van der Waals surface area (Å²) in [6.45, 7) is 8.02. The quantitative estimate of drug-likeness (QED) is 0.0428. The molecule has 0 spiro atoms. The molecule has 0 radical (unpaired) electrons. The van der Waals surface area contributed by atoms with Gasteiger partial charge in [0.2, 0.25) is 88.6 Å². The molecule has 0 bridgehead atoms. The zero-order valence-electron chi connectivity index (χ0n) is 77.0. The third-order valence-corrected chi connectivity index (χ3v) is 26.2. The minimum Gasteiger partial charge on any atom is -0.508 e. The topological polar surface area (TPSA) is 454 Å². The maximum atomic E-state index is 15.8. The second-order valence-electron chi connectivity index (χ2n) is 35.9. The molecule has 7 aromatic rings. The van der Waals surface area contributed by atoms with Crippen LogP contribution in [0.5, 0.6) is 11.5 Å². The normalized spacial score (nSPS) is 23.9. The first-order chi connectivity index (χ1) is 64.5. The molecule has 13 unspecified atom stereocenters. The molecule has 4 fully saturated rings. The van der Waals surface area contributed by atoms with E-state index in [1.807, 2.05) is 6.92 Å². The lowest BCUT2D eigenvalue weighted by atomic mass is 9.98. The van der Waals surface area contributed by atoms with Gasteiger partial charge in [-0.2, -0.15) is 0 Å². The number of aromatic hydroxyl groups is 2. The standard InChI is InChI=1S/C98H121F3N16O17S/c1-9-10-28-78-96(132)117-42-21-31-79(117)97(133)116-41-20-30-77(116)91(127)111-85(57(4)5)98(134)113(7)80(49-58-22-13-11-14-23-58)92(128)109-74(47-61-34-38-65(119)39-35-61)94(130)115-40-19-29-76(115)90(126)108-72(51-63-52-103-69-27-18-17-26-66(63)69)89(125)107-71(46-60-32-36-64(118)37-33-60)88(124)106-70(43-56(2)3)87(123)110-75(86(122)104-53-82(102)120)54-135-55-83(121)105-73(48-62-44-67(99)84(101)68(100)45-62)93(129)114(8)81(95(131)112(78)6)50-59-24-15-12-16-25-59/h11-18,22-27,32-39,44-45,52,56-57,70-81,85,103,118-119H,9-10,19-21,28-31,40-43,46-51,53-55H2,1-8H3,(H2,102,120)(H,104,122)(H,105,121)(H,106,124)(H,107,125)(H,108,126)(H,109,128)(H,110,123)(H,111,127). The van der Waals surface area contributed by atoms with Gasteiger partial charge in [-0.05, 0) is 139 Å². The van der Waals surface area contributed by atoms with Crippen molar-refractivity contribution in [3.63, 3.8) is 0 Å². The van der Waals surface area contributed by atoms with Crippen LogP contribution in [0, 0.1) is 29.3 Å². The number of aromatic amines is 1. The summed E-state index contributed by atoms with van der Waals surface area (Å²) in [6.07, 6.45) is 1.79. The van der Waals surface area contributed by atoms with Crippen molar-refractivity contribution in [1.82, 2.24) is 76.9 Å². The Hall–Kier alpha value is -13.4. The number of hydrogen-bond donors (Lipinski definition) is 12. The Morgan fingerprint density at radius 3 is 1.51 bits per heavy atom. The van der Waals surface area contributed by atoms with Crippen molar-refractivity contribution in [3.8, 4) is 11.5 Å². The predicted molar refractivity (Wildman–Crippen MR) is 497 cm³/mol. The largest absolute Gasteiger partial charge is 0.508 e. The van der Waals surface area contributed by atoms with Gasteiger partial charge in [-0.3, -0.25) is 71.9 Å². The number of H-pyrrole nitrogens is 1. The molecule has 6 aromatic carbocycles. The number of unbranched alkanes of at least 4 members (excludes halogenated alkanes) is 1. The predicted octanol–water partition coefficient (Wildman–Crippen LogP) is 4.84. The lowest BCUT2D eigenvalue weighted by molar-refractivity contribution is -0.154. The van der Waals surface area contributed by atoms with Gasteiger partial charge in [0, 0.05) is 102 Å². The van der Waals surface area contributed by atoms with Crippen LogP contribution < -0.4 is 48.3 Å². The van der Waals surface area contributed by atoms with Crippen LogP contribution in [0.3, 0.4) is 0 Å². The van der Waals surface area contributed by atoms with Crippen molar-refractivity contribution in [2.24, 2.45) is 17.6 Å². The number of rotatable bonds is 21. The van der Waals surface area contributed by atoms with Crippen LogP contribution in [-0.4, -0.2) is 271 Å². The number of phenolic OH excluding ortho intramolecular Hbond substituents is 2. The van der Waals surface area contributed by atoms with E-state index in [1.54, 1.807) is 131 Å². The van der Waals surface area contributed by atoms with E-state index >= 15 is 66.3 Å². The van der Waals surface area contributed by atoms with Gasteiger partial charge < -0.3 is 92.9 Å². The molecule has 37 heteroatoms. The minimum atomic E-state index is -1.84. The van der Waals surface area contributed by atoms with Crippen LogP contribution in [0.2, 0.25) is 0 Å². The number of benzene rings is 6. The van der Waals surface area contributed by atoms with Gasteiger partial charge >= 0.3 is 0 Å². The summed E-state index contributed by atoms with van der Waals surface area (Å²) in [4.78, 5) is 238. The van der Waals surface area contributed by atoms with Crippen molar-refractivity contribution in [1.29, 1.82) is 0 Å². The van der Waals surface area contributed by atoms with Gasteiger partial charge in [-0.15, -0.1) is 11.8 Å². The molecule has 0 saturated carbocycles. The molecule has 13 N–H and O–H groups in total. The Labute approximate surface area is 785 Å². The van der Waals surface area contributed by atoms with E-state index in [0.29, 0.717) is 88.3 Å². The Balaban J connectivity index is 0.981. The van der Waals surface area contributed by atoms with Gasteiger partial charge in [-0.1, -0.05) is 151 Å². The van der Waals surface area contributed by atoms with Gasteiger partial charge in [0.1, 0.15) is 90.0 Å². The highest BCUT2D eigenvalue weighted by Crippen LogP contribution is 2.31. The number of hydrogen-bond acceptors (Lipinski definition) is 18. The third-order valence-electron chi connectivity index (χ3n) is 25.2. The van der Waals surface area contributed by atoms with Crippen molar-refractivity contribution < 1.29 is 95.3 Å². The lowest BCUT2D eigenvalue weighted by Crippen LogP contribution is -2.62. The van der Waals surface area contributed by atoms with Gasteiger partial charge in [0.25, 0.3) is 0 Å². The van der Waals surface area contributed by atoms with Crippen LogP contribution in [0.4, 0.5) is 13.2 Å². The molecule has 11 rings (SSSR count). The lowest BCUT2D eigenvalue weighted by Gasteiger charge is -2.38. The number of nitrogens with zero attached hydrogens (tertiary/aromatic N) is 6. The second kappa shape index (κ2) is 47.5. The van der Waals surface area contributed by atoms with E-state index in [0.717, 1.165) is 4.90 Å². The van der Waals surface area contributed by atoms with Gasteiger partial charge in [-0.25, -0.2) is 13.2 Å². The molecule has 5 heterocycles. The van der Waals surface area contributed by atoms with Crippen molar-refractivity contribution >= 4 is 111 Å². The molecule has 15 amide bonds. The van der Waals surface area contributed by atoms with Crippen LogP contribution in [0.25, 0.3) is 10.9 Å². The molecule has 1 aromatic heterocycles. The average Bonchev–Trinajstić information content (AvgIpc) is 1.73. The number of para-hydroxylation sites is 1. The van der Waals surface area contributed by atoms with E-state index in [4.69, 9.17) is 5.73 Å². The number of likely N-dealkylation sites (N-methyl/N-ethyl adjacent to an activating group) is 3. The number of primary amides is 1. The molecule has 4 saturated heterocycles. The molecule has 0 aliphatic carbocycles. The van der Waals surface area contributed by atoms with E-state index in [1.165, 1.54) is 82.0 Å². The molecular weight excluding hydrogens is 1760 g/mol. The summed E-state index contributed by atoms with van der Waals surface area (Å²) < 4.78 is 45.2. The fourth-order valence-corrected chi connectivity index (χ4v) is 18.7. The molecule has 4 aliphatic rings. The first-order valence-corrected chi connectivity index (χ1v) is 46.9. The summed E-state index contributed by atoms with van der Waals surface area (Å²) >= 11 is 0.705. The number of carbonyl (C=O) groups is 15. The molecule has 722 valence electrons. The Bertz CT molecular complexity index is 5400. The van der Waals surface area contributed by atoms with Crippen LogP contribution in [0.1, 0.15) is 132 Å². The Morgan fingerprint density at radius 2 is 0.941 bits per heavy atom. The van der Waals surface area contributed by atoms with E-state index in [9.17, 15) is 29.0 Å². The van der Waals surface area contributed by atoms with E-state index < -0.39 is 221 Å². The number of carbonyl (C=O) groups excluding carboxylic acids is 15. The SMILES string of the molecule is CCCCC1C(=O)N2CCCC2C(=O)N2CCCC2C(=O)NC(C(C)C)C(=O)N(C)C(Cc2ccccc2)C(=O)NC(Cc2ccc(O)cc2)C(=O)N2CCCC2C(=O)NC(Cc2c[nH]c3ccccc23)C(=O)NC(Cc2ccc(O)cc2)C(=O)NC(CC(C)C)C(=O)NC(C(=O)NCC(N)=O)CSCC(=O)NC(Cc2cc(F)c(F)c(F)c2)C(=O)N(C)C(Cc2ccccc2)C(=O)N1C. The van der Waals surface area contributed by atoms with Crippen molar-refractivity contribution in [3.05, 3.63) is 203 Å². The molecular formula is C98H121F3N16O17S. The molecule has 4 aliphatic heterocycles. The fraction of sp³-hybridized carbons (Fsp3) is 0.459. The number of nitrogens with two attached hydrogens (primary N) is 1. The summed E-state index contributed by atoms with van der Waals surface area (Å²) in [6, 6.07) is 18.0. The minimum absolute atomic E-state index is 0.0380. The number of phenols is 2. The number of aromatic nitrogens is 1. The maximum Gasteiger partial charge on any atom is 0.246 e. The maximum absolute atomic E-state index is 15.8.